The summed E-state index contributed by atoms with van der Waals surface area (Å²) in [7, 11) is 0. The van der Waals surface area contributed by atoms with E-state index in [1.54, 1.807) is 0 Å². The first-order valence-corrected chi connectivity index (χ1v) is 6.74. The molecule has 1 N–H and O–H groups in total. The van der Waals surface area contributed by atoms with Crippen molar-refractivity contribution in [2.24, 2.45) is 0 Å². The zero-order chi connectivity index (χ0) is 11.0. The smallest absolute Gasteiger partial charge is 0.106 e. The van der Waals surface area contributed by atoms with Crippen molar-refractivity contribution in [3.8, 4) is 0 Å². The zero-order valence-electron chi connectivity index (χ0n) is 9.19. The summed E-state index contributed by atoms with van der Waals surface area (Å²) in [6.07, 6.45) is 5.88. The lowest BCUT2D eigenvalue weighted by Crippen LogP contribution is -2.33. The highest BCUT2D eigenvalue weighted by Crippen LogP contribution is 2.30. The molecule has 3 rings (SSSR count). The predicted molar refractivity (Wildman–Crippen MR) is 68.6 cm³/mol. The van der Waals surface area contributed by atoms with Gasteiger partial charge in [0.25, 0.3) is 0 Å². The fourth-order valence-electron chi connectivity index (χ4n) is 2.93. The number of hydrogen-bond acceptors (Lipinski definition) is 3. The Labute approximate surface area is 104 Å². The molecule has 4 heteroatoms. The fourth-order valence-corrected chi connectivity index (χ4v) is 3.16. The quantitative estimate of drug-likeness (QED) is 0.845. The minimum absolute atomic E-state index is 0.616. The Morgan fingerprint density at radius 3 is 3.06 bits per heavy atom. The van der Waals surface area contributed by atoms with E-state index >= 15 is 0 Å². The molecule has 2 fully saturated rings. The average molecular weight is 282 g/mol. The van der Waals surface area contributed by atoms with Crippen LogP contribution in [0.3, 0.4) is 0 Å². The van der Waals surface area contributed by atoms with E-state index in [-0.39, 0.29) is 0 Å². The standard InChI is InChI=1S/C12H16BrN3/c13-12-4-3-9(8-14-12)15-10-5-7-16-6-1-2-11(10)16/h3-4,8,10-11,15H,1-2,5-7H2. The monoisotopic (exact) mass is 281 g/mol. The number of rotatable bonds is 2. The van der Waals surface area contributed by atoms with Gasteiger partial charge in [0.1, 0.15) is 4.60 Å². The van der Waals surface area contributed by atoms with Crippen molar-refractivity contribution < 1.29 is 0 Å². The molecular weight excluding hydrogens is 266 g/mol. The third-order valence-electron chi connectivity index (χ3n) is 3.69. The highest BCUT2D eigenvalue weighted by Gasteiger charge is 2.36. The third kappa shape index (κ3) is 1.96. The van der Waals surface area contributed by atoms with Crippen LogP contribution < -0.4 is 5.32 Å². The Morgan fingerprint density at radius 1 is 1.31 bits per heavy atom. The maximum atomic E-state index is 4.25. The minimum Gasteiger partial charge on any atom is -0.379 e. The molecule has 0 bridgehead atoms. The number of aromatic nitrogens is 1. The molecular formula is C12H16BrN3. The molecule has 0 radical (unpaired) electrons. The van der Waals surface area contributed by atoms with Gasteiger partial charge in [0.2, 0.25) is 0 Å². The predicted octanol–water partition coefficient (Wildman–Crippen LogP) is 2.49. The number of nitrogens with one attached hydrogen (secondary N) is 1. The number of hydrogen-bond donors (Lipinski definition) is 1. The lowest BCUT2D eigenvalue weighted by molar-refractivity contribution is 0.318. The van der Waals surface area contributed by atoms with Gasteiger partial charge in [-0.25, -0.2) is 4.98 Å². The van der Waals surface area contributed by atoms with Crippen LogP contribution in [0.4, 0.5) is 5.69 Å². The van der Waals surface area contributed by atoms with Gasteiger partial charge in [-0.1, -0.05) is 0 Å². The molecule has 2 aliphatic heterocycles. The first-order chi connectivity index (χ1) is 7.83. The highest BCUT2D eigenvalue weighted by atomic mass is 79.9. The molecule has 2 unspecified atom stereocenters. The van der Waals surface area contributed by atoms with Gasteiger partial charge in [-0.15, -0.1) is 0 Å². The molecule has 0 aliphatic carbocycles. The van der Waals surface area contributed by atoms with Crippen LogP contribution in [0.1, 0.15) is 19.3 Å². The van der Waals surface area contributed by atoms with E-state index < -0.39 is 0 Å². The molecule has 3 nitrogen and oxygen atoms in total. The van der Waals surface area contributed by atoms with Gasteiger partial charge in [-0.2, -0.15) is 0 Å². The van der Waals surface area contributed by atoms with Crippen molar-refractivity contribution in [2.45, 2.75) is 31.3 Å². The number of pyridine rings is 1. The van der Waals surface area contributed by atoms with Crippen molar-refractivity contribution in [3.05, 3.63) is 22.9 Å². The first kappa shape index (κ1) is 10.5. The normalized spacial score (nSPS) is 29.3. The van der Waals surface area contributed by atoms with Crippen LogP contribution in [0.15, 0.2) is 22.9 Å². The molecule has 2 atom stereocenters. The van der Waals surface area contributed by atoms with Gasteiger partial charge in [-0.05, 0) is 53.9 Å². The molecule has 86 valence electrons. The summed E-state index contributed by atoms with van der Waals surface area (Å²) in [5.41, 5.74) is 1.14. The van der Waals surface area contributed by atoms with E-state index in [1.165, 1.54) is 32.4 Å². The number of nitrogens with zero attached hydrogens (tertiary/aromatic N) is 2. The Hall–Kier alpha value is -0.610. The lowest BCUT2D eigenvalue weighted by Gasteiger charge is -2.22. The second-order valence-corrected chi connectivity index (χ2v) is 5.47. The van der Waals surface area contributed by atoms with E-state index in [1.807, 2.05) is 12.3 Å². The SMILES string of the molecule is Brc1ccc(NC2CCN3CCCC23)cn1. The number of fused-ring (bicyclic) bond motifs is 1. The van der Waals surface area contributed by atoms with Crippen LogP contribution in [0, 0.1) is 0 Å². The second-order valence-electron chi connectivity index (χ2n) is 4.65. The van der Waals surface area contributed by atoms with E-state index in [0.717, 1.165) is 16.3 Å². The van der Waals surface area contributed by atoms with Crippen LogP contribution in [0.25, 0.3) is 0 Å². The maximum absolute atomic E-state index is 4.25. The third-order valence-corrected chi connectivity index (χ3v) is 4.15. The topological polar surface area (TPSA) is 28.2 Å². The van der Waals surface area contributed by atoms with Crippen LogP contribution in [-0.2, 0) is 0 Å². The van der Waals surface area contributed by atoms with Crippen LogP contribution in [0.5, 0.6) is 0 Å². The average Bonchev–Trinajstić information content (AvgIpc) is 2.86. The van der Waals surface area contributed by atoms with Crippen LogP contribution >= 0.6 is 15.9 Å². The molecule has 2 saturated heterocycles. The van der Waals surface area contributed by atoms with Gasteiger partial charge in [0, 0.05) is 18.6 Å². The summed E-state index contributed by atoms with van der Waals surface area (Å²) in [5.74, 6) is 0. The largest absolute Gasteiger partial charge is 0.379 e. The van der Waals surface area contributed by atoms with E-state index in [9.17, 15) is 0 Å². The second kappa shape index (κ2) is 4.34. The van der Waals surface area contributed by atoms with Crippen molar-refractivity contribution in [2.75, 3.05) is 18.4 Å². The number of halogens is 1. The minimum atomic E-state index is 0.616. The van der Waals surface area contributed by atoms with Gasteiger partial charge in [0.05, 0.1) is 11.9 Å². The number of anilines is 1. The Kier molecular flexibility index (Phi) is 2.86. The first-order valence-electron chi connectivity index (χ1n) is 5.95. The molecule has 1 aromatic heterocycles. The summed E-state index contributed by atoms with van der Waals surface area (Å²) in [6, 6.07) is 5.45. The molecule has 0 aromatic carbocycles. The summed E-state index contributed by atoms with van der Waals surface area (Å²) < 4.78 is 0.895. The summed E-state index contributed by atoms with van der Waals surface area (Å²) >= 11 is 3.36. The molecule has 3 heterocycles. The summed E-state index contributed by atoms with van der Waals surface area (Å²) in [5, 5.41) is 3.61. The summed E-state index contributed by atoms with van der Waals surface area (Å²) in [6.45, 7) is 2.55. The van der Waals surface area contributed by atoms with Gasteiger partial charge >= 0.3 is 0 Å². The lowest BCUT2D eigenvalue weighted by atomic mass is 10.1. The Morgan fingerprint density at radius 2 is 2.25 bits per heavy atom. The molecule has 0 saturated carbocycles. The molecule has 0 amide bonds. The Bertz CT molecular complexity index is 365. The molecule has 0 spiro atoms. The van der Waals surface area contributed by atoms with Crippen molar-refractivity contribution >= 4 is 21.6 Å². The van der Waals surface area contributed by atoms with Gasteiger partial charge < -0.3 is 5.32 Å². The summed E-state index contributed by atoms with van der Waals surface area (Å²) in [4.78, 5) is 6.86. The van der Waals surface area contributed by atoms with E-state index in [4.69, 9.17) is 0 Å². The highest BCUT2D eigenvalue weighted by molar-refractivity contribution is 9.10. The van der Waals surface area contributed by atoms with Gasteiger partial charge in [-0.3, -0.25) is 4.90 Å². The maximum Gasteiger partial charge on any atom is 0.106 e. The van der Waals surface area contributed by atoms with Crippen LogP contribution in [-0.4, -0.2) is 35.1 Å². The van der Waals surface area contributed by atoms with E-state index in [2.05, 4.69) is 37.2 Å². The zero-order valence-corrected chi connectivity index (χ0v) is 10.8. The van der Waals surface area contributed by atoms with Gasteiger partial charge in [0.15, 0.2) is 0 Å². The van der Waals surface area contributed by atoms with Crippen molar-refractivity contribution in [1.29, 1.82) is 0 Å². The fraction of sp³-hybridized carbons (Fsp3) is 0.583. The molecule has 1 aromatic rings. The molecule has 2 aliphatic rings. The molecule has 16 heavy (non-hydrogen) atoms. The van der Waals surface area contributed by atoms with Crippen molar-refractivity contribution in [1.82, 2.24) is 9.88 Å². The van der Waals surface area contributed by atoms with Crippen LogP contribution in [0.2, 0.25) is 0 Å². The Balaban J connectivity index is 1.68. The van der Waals surface area contributed by atoms with E-state index in [0.29, 0.717) is 6.04 Å². The van der Waals surface area contributed by atoms with Crippen molar-refractivity contribution in [3.63, 3.8) is 0 Å².